The number of nitrogens with one attached hydrogen (secondary N) is 2. The number of amides is 2. The lowest BCUT2D eigenvalue weighted by molar-refractivity contribution is -0.136. The van der Waals surface area contributed by atoms with Crippen LogP contribution in [0.2, 0.25) is 5.02 Å². The smallest absolute Gasteiger partial charge is 0.324 e. The number of anilines is 2. The van der Waals surface area contributed by atoms with Crippen molar-refractivity contribution < 1.29 is 14.7 Å². The number of carboxylic acid groups (broad SMARTS) is 1. The molecule has 3 rings (SSSR count). The minimum absolute atomic E-state index is 0.0514. The quantitative estimate of drug-likeness (QED) is 0.437. The van der Waals surface area contributed by atoms with E-state index in [4.69, 9.17) is 16.7 Å². The second-order valence-corrected chi connectivity index (χ2v) is 8.12. The molecule has 0 aliphatic heterocycles. The number of hydrogen-bond donors (Lipinski definition) is 3. The Hall–Kier alpha value is -3.32. The van der Waals surface area contributed by atoms with Crippen molar-refractivity contribution in [3.8, 4) is 5.69 Å². The van der Waals surface area contributed by atoms with Crippen LogP contribution in [0.3, 0.4) is 0 Å². The molecule has 31 heavy (non-hydrogen) atoms. The fourth-order valence-electron chi connectivity index (χ4n) is 3.14. The second-order valence-electron chi connectivity index (χ2n) is 7.68. The van der Waals surface area contributed by atoms with E-state index < -0.39 is 12.0 Å². The molecule has 0 bridgehead atoms. The van der Waals surface area contributed by atoms with Gasteiger partial charge in [-0.2, -0.15) is 5.10 Å². The highest BCUT2D eigenvalue weighted by Crippen LogP contribution is 2.21. The molecule has 0 aliphatic carbocycles. The highest BCUT2D eigenvalue weighted by molar-refractivity contribution is 6.30. The average molecular weight is 441 g/mol. The van der Waals surface area contributed by atoms with E-state index in [9.17, 15) is 9.59 Å². The van der Waals surface area contributed by atoms with E-state index in [0.29, 0.717) is 28.9 Å². The van der Waals surface area contributed by atoms with Gasteiger partial charge >= 0.3 is 12.0 Å². The Morgan fingerprint density at radius 2 is 1.84 bits per heavy atom. The molecule has 0 unspecified atom stereocenters. The van der Waals surface area contributed by atoms with Crippen LogP contribution in [0.5, 0.6) is 0 Å². The van der Waals surface area contributed by atoms with Gasteiger partial charge in [0.25, 0.3) is 0 Å². The molecule has 0 saturated carbocycles. The second kappa shape index (κ2) is 10.1. The maximum Gasteiger partial charge on any atom is 0.324 e. The molecule has 8 heteroatoms. The number of carbonyl (C=O) groups is 2. The van der Waals surface area contributed by atoms with Gasteiger partial charge < -0.3 is 10.4 Å². The van der Waals surface area contributed by atoms with Crippen molar-refractivity contribution in [3.05, 3.63) is 70.9 Å². The number of carbonyl (C=O) groups excluding carboxylic acids is 1. The standard InChI is InChI=1S/C23H25ClN4O3/c1-15(2)12-19-14-21(26-23(31)25-18-9-7-17(24)8-10-18)28(27-19)20-5-3-4-16(13-20)6-11-22(29)30/h3-5,7-10,13-15H,6,11-12H2,1-2H3,(H,29,30)(H2,25,26,31). The molecule has 0 fully saturated rings. The first-order valence-electron chi connectivity index (χ1n) is 10.0. The number of carboxylic acids is 1. The van der Waals surface area contributed by atoms with Crippen molar-refractivity contribution >= 4 is 35.1 Å². The maximum absolute atomic E-state index is 12.6. The summed E-state index contributed by atoms with van der Waals surface area (Å²) >= 11 is 5.89. The highest BCUT2D eigenvalue weighted by atomic mass is 35.5. The zero-order valence-corrected chi connectivity index (χ0v) is 18.2. The van der Waals surface area contributed by atoms with Gasteiger partial charge in [0.2, 0.25) is 0 Å². The average Bonchev–Trinajstić information content (AvgIpc) is 3.09. The van der Waals surface area contributed by atoms with Crippen molar-refractivity contribution in [3.63, 3.8) is 0 Å². The van der Waals surface area contributed by atoms with E-state index in [1.165, 1.54) is 0 Å². The number of aryl methyl sites for hydroxylation is 1. The van der Waals surface area contributed by atoms with Gasteiger partial charge in [0.15, 0.2) is 0 Å². The third-order valence-electron chi connectivity index (χ3n) is 4.50. The SMILES string of the molecule is CC(C)Cc1cc(NC(=O)Nc2ccc(Cl)cc2)n(-c2cccc(CCC(=O)O)c2)n1. The highest BCUT2D eigenvalue weighted by Gasteiger charge is 2.14. The van der Waals surface area contributed by atoms with Crippen LogP contribution in [0.25, 0.3) is 5.69 Å². The number of rotatable bonds is 8. The summed E-state index contributed by atoms with van der Waals surface area (Å²) in [4.78, 5) is 23.5. The minimum Gasteiger partial charge on any atom is -0.481 e. The fourth-order valence-corrected chi connectivity index (χ4v) is 3.27. The van der Waals surface area contributed by atoms with Gasteiger partial charge in [0, 0.05) is 23.2 Å². The lowest BCUT2D eigenvalue weighted by Gasteiger charge is -2.11. The predicted molar refractivity (Wildman–Crippen MR) is 122 cm³/mol. The summed E-state index contributed by atoms with van der Waals surface area (Å²) in [7, 11) is 0. The molecule has 0 saturated heterocycles. The number of aliphatic carboxylic acids is 1. The van der Waals surface area contributed by atoms with E-state index in [1.807, 2.05) is 30.3 Å². The van der Waals surface area contributed by atoms with Crippen molar-refractivity contribution in [1.82, 2.24) is 9.78 Å². The Labute approximate surface area is 186 Å². The van der Waals surface area contributed by atoms with Crippen molar-refractivity contribution in [1.29, 1.82) is 0 Å². The first-order chi connectivity index (χ1) is 14.8. The summed E-state index contributed by atoms with van der Waals surface area (Å²) in [6, 6.07) is 15.8. The van der Waals surface area contributed by atoms with Gasteiger partial charge in [-0.25, -0.2) is 9.48 Å². The Morgan fingerprint density at radius 3 is 2.52 bits per heavy atom. The largest absolute Gasteiger partial charge is 0.481 e. The molecular weight excluding hydrogens is 416 g/mol. The topological polar surface area (TPSA) is 96.2 Å². The first kappa shape index (κ1) is 22.4. The number of nitrogens with zero attached hydrogens (tertiary/aromatic N) is 2. The molecule has 0 spiro atoms. The molecule has 3 N–H and O–H groups in total. The molecule has 2 aromatic carbocycles. The van der Waals surface area contributed by atoms with Gasteiger partial charge in [-0.15, -0.1) is 0 Å². The molecule has 0 aliphatic rings. The number of hydrogen-bond acceptors (Lipinski definition) is 3. The summed E-state index contributed by atoms with van der Waals surface area (Å²) in [5.41, 5.74) is 3.11. The monoisotopic (exact) mass is 440 g/mol. The van der Waals surface area contributed by atoms with Crippen LogP contribution in [0.15, 0.2) is 54.6 Å². The van der Waals surface area contributed by atoms with Gasteiger partial charge in [-0.1, -0.05) is 37.6 Å². The molecular formula is C23H25ClN4O3. The lowest BCUT2D eigenvalue weighted by Crippen LogP contribution is -2.21. The van der Waals surface area contributed by atoms with E-state index in [0.717, 1.165) is 23.4 Å². The predicted octanol–water partition coefficient (Wildman–Crippen LogP) is 5.39. The Kier molecular flexibility index (Phi) is 7.31. The molecule has 0 radical (unpaired) electrons. The Morgan fingerprint density at radius 1 is 1.10 bits per heavy atom. The fraction of sp³-hybridized carbons (Fsp3) is 0.261. The van der Waals surface area contributed by atoms with Gasteiger partial charge in [-0.05, 0) is 60.7 Å². The van der Waals surface area contributed by atoms with Gasteiger partial charge in [-0.3, -0.25) is 10.1 Å². The van der Waals surface area contributed by atoms with Crippen LogP contribution in [-0.4, -0.2) is 26.9 Å². The maximum atomic E-state index is 12.6. The van der Waals surface area contributed by atoms with Crippen LogP contribution in [0.4, 0.5) is 16.3 Å². The Bertz CT molecular complexity index is 1060. The van der Waals surface area contributed by atoms with Crippen LogP contribution < -0.4 is 10.6 Å². The van der Waals surface area contributed by atoms with Crippen molar-refractivity contribution in [2.45, 2.75) is 33.1 Å². The van der Waals surface area contributed by atoms with E-state index >= 15 is 0 Å². The third kappa shape index (κ3) is 6.58. The molecule has 3 aromatic rings. The molecule has 7 nitrogen and oxygen atoms in total. The van der Waals surface area contributed by atoms with Gasteiger partial charge in [0.05, 0.1) is 11.4 Å². The number of aromatic nitrogens is 2. The van der Waals surface area contributed by atoms with E-state index in [2.05, 4.69) is 29.6 Å². The number of benzene rings is 2. The van der Waals surface area contributed by atoms with Crippen LogP contribution in [0, 0.1) is 5.92 Å². The molecule has 1 heterocycles. The summed E-state index contributed by atoms with van der Waals surface area (Å²) in [5, 5.41) is 19.8. The summed E-state index contributed by atoms with van der Waals surface area (Å²) in [6.07, 6.45) is 1.23. The zero-order chi connectivity index (χ0) is 22.4. The zero-order valence-electron chi connectivity index (χ0n) is 17.4. The summed E-state index contributed by atoms with van der Waals surface area (Å²) < 4.78 is 1.67. The van der Waals surface area contributed by atoms with Crippen molar-refractivity contribution in [2.75, 3.05) is 10.6 Å². The summed E-state index contributed by atoms with van der Waals surface area (Å²) in [6.45, 7) is 4.21. The minimum atomic E-state index is -0.843. The third-order valence-corrected chi connectivity index (χ3v) is 4.76. The number of urea groups is 1. The van der Waals surface area contributed by atoms with Crippen LogP contribution in [0.1, 0.15) is 31.5 Å². The lowest BCUT2D eigenvalue weighted by atomic mass is 10.1. The normalized spacial score (nSPS) is 10.8. The molecule has 1 aromatic heterocycles. The van der Waals surface area contributed by atoms with E-state index in [-0.39, 0.29) is 6.42 Å². The van der Waals surface area contributed by atoms with Crippen LogP contribution in [-0.2, 0) is 17.6 Å². The number of halogens is 1. The van der Waals surface area contributed by atoms with Crippen LogP contribution >= 0.6 is 11.6 Å². The molecule has 2 amide bonds. The van der Waals surface area contributed by atoms with Gasteiger partial charge in [0.1, 0.15) is 5.82 Å². The molecule has 162 valence electrons. The Balaban J connectivity index is 1.84. The first-order valence-corrected chi connectivity index (χ1v) is 10.4. The van der Waals surface area contributed by atoms with E-state index in [1.54, 1.807) is 28.9 Å². The van der Waals surface area contributed by atoms with Crippen molar-refractivity contribution in [2.24, 2.45) is 5.92 Å². The summed E-state index contributed by atoms with van der Waals surface area (Å²) in [5.74, 6) is 0.0865. The molecule has 0 atom stereocenters.